The maximum atomic E-state index is 12.3. The van der Waals surface area contributed by atoms with E-state index in [9.17, 15) is 5.26 Å². The third-order valence-electron chi connectivity index (χ3n) is 21.5. The van der Waals surface area contributed by atoms with Crippen LogP contribution >= 0.6 is 0 Å². The molecule has 0 atom stereocenters. The van der Waals surface area contributed by atoms with E-state index in [1.807, 2.05) is 36.4 Å². The summed E-state index contributed by atoms with van der Waals surface area (Å²) >= 11 is 0. The largest absolute Gasteiger partial charge is 0.309 e. The van der Waals surface area contributed by atoms with Crippen LogP contribution in [0.15, 0.2) is 340 Å². The van der Waals surface area contributed by atoms with Gasteiger partial charge in [0.05, 0.1) is 83.1 Å². The maximum Gasteiger partial charge on any atom is 0.166 e. The van der Waals surface area contributed by atoms with Gasteiger partial charge in [0.1, 0.15) is 6.07 Å². The molecule has 0 amide bonds. The second-order valence-corrected chi connectivity index (χ2v) is 27.0. The first-order valence-electron chi connectivity index (χ1n) is 35.1. The second-order valence-electron chi connectivity index (χ2n) is 27.0. The van der Waals surface area contributed by atoms with E-state index in [0.29, 0.717) is 34.3 Å². The van der Waals surface area contributed by atoms with Crippen molar-refractivity contribution < 1.29 is 0 Å². The van der Waals surface area contributed by atoms with Crippen LogP contribution < -0.4 is 0 Å². The van der Waals surface area contributed by atoms with Crippen molar-refractivity contribution in [2.24, 2.45) is 0 Å². The molecule has 482 valence electrons. The highest BCUT2D eigenvalue weighted by atomic mass is 15.1. The lowest BCUT2D eigenvalue weighted by molar-refractivity contribution is 1.06. The van der Waals surface area contributed by atoms with Crippen molar-refractivity contribution in [3.8, 4) is 74.4 Å². The average molecular weight is 1330 g/mol. The Balaban J connectivity index is 0.855. The van der Waals surface area contributed by atoms with Gasteiger partial charge < -0.3 is 27.4 Å². The van der Waals surface area contributed by atoms with Crippen LogP contribution in [0, 0.1) is 11.3 Å². The van der Waals surface area contributed by atoms with Crippen LogP contribution in [0.1, 0.15) is 5.56 Å². The van der Waals surface area contributed by atoms with Gasteiger partial charge in [-0.15, -0.1) is 0 Å². The van der Waals surface area contributed by atoms with Crippen molar-refractivity contribution in [2.45, 2.75) is 0 Å². The molecule has 0 spiro atoms. The van der Waals surface area contributed by atoms with Gasteiger partial charge in [-0.2, -0.15) is 5.26 Å². The van der Waals surface area contributed by atoms with Gasteiger partial charge in [-0.05, 0) is 133 Å². The van der Waals surface area contributed by atoms with E-state index in [0.717, 1.165) is 127 Å². The molecule has 0 aliphatic carbocycles. The lowest BCUT2D eigenvalue weighted by atomic mass is 10.0. The van der Waals surface area contributed by atoms with Gasteiger partial charge in [-0.25, -0.2) is 15.0 Å². The molecule has 7 aromatic heterocycles. The highest BCUT2D eigenvalue weighted by Crippen LogP contribution is 2.46. The molecule has 0 aliphatic rings. The molecule has 10 nitrogen and oxygen atoms in total. The SMILES string of the molecule is N#Cc1cc(-n2c3ccc(-n4c5ccccc5c5ccccc54)cc3c3cc(-n4c5ccccc5c5ccccc54)ccc32)c(-c2nc(-c3ccccc3)nc(-c3ccccc3)n2)cc1-n1c2ccc(-n3c4ccccc4c4ccccc43)cc2c2cc(-n3c4ccccc4c4ccccc43)ccc21. The molecule has 22 aromatic rings. The van der Waals surface area contributed by atoms with E-state index in [2.05, 4.69) is 337 Å². The van der Waals surface area contributed by atoms with Crippen LogP contribution in [0.5, 0.6) is 0 Å². The van der Waals surface area contributed by atoms with Crippen LogP contribution in [0.3, 0.4) is 0 Å². The summed E-state index contributed by atoms with van der Waals surface area (Å²) in [5.41, 5.74) is 21.0. The Morgan fingerprint density at radius 1 is 0.202 bits per heavy atom. The third kappa shape index (κ3) is 8.40. The minimum absolute atomic E-state index is 0.445. The fourth-order valence-corrected chi connectivity index (χ4v) is 17.0. The van der Waals surface area contributed by atoms with Crippen LogP contribution in [0.4, 0.5) is 0 Å². The Hall–Kier alpha value is -14.4. The lowest BCUT2D eigenvalue weighted by Gasteiger charge is -2.19. The van der Waals surface area contributed by atoms with E-state index < -0.39 is 0 Å². The van der Waals surface area contributed by atoms with Gasteiger partial charge in [0.2, 0.25) is 0 Å². The zero-order chi connectivity index (χ0) is 68.3. The summed E-state index contributed by atoms with van der Waals surface area (Å²) < 4.78 is 14.2. The molecule has 10 heteroatoms. The number of para-hydroxylation sites is 8. The van der Waals surface area contributed by atoms with Gasteiger partial charge in [0.25, 0.3) is 0 Å². The molecule has 0 N–H and O–H groups in total. The van der Waals surface area contributed by atoms with Gasteiger partial charge in [-0.3, -0.25) is 0 Å². The number of rotatable bonds is 9. The Morgan fingerprint density at radius 2 is 0.442 bits per heavy atom. The second kappa shape index (κ2) is 22.3. The van der Waals surface area contributed by atoms with Crippen LogP contribution in [-0.2, 0) is 0 Å². The Bertz CT molecular complexity index is 6820. The van der Waals surface area contributed by atoms with Crippen LogP contribution in [-0.4, -0.2) is 42.4 Å². The average Bonchev–Trinajstić information content (AvgIpc) is 1.58. The molecule has 22 rings (SSSR count). The van der Waals surface area contributed by atoms with Crippen molar-refractivity contribution in [3.05, 3.63) is 345 Å². The molecule has 15 aromatic carbocycles. The number of fused-ring (bicyclic) bond motifs is 18. The third-order valence-corrected chi connectivity index (χ3v) is 21.5. The summed E-state index contributed by atoms with van der Waals surface area (Å²) in [5.74, 6) is 1.49. The molecule has 0 saturated heterocycles. The monoisotopic (exact) mass is 1320 g/mol. The standard InChI is InChI=1S/C94H56N10/c95-57-60-51-91(104-88-49-45-63(101-82-39-19-11-31-69(82)70-32-12-20-40-83(70)101)54-75(88)76-55-64(46-50-89(76)104)102-84-41-21-13-33-71(84)72-34-14-22-42-85(72)102)77(94-97-92(58-23-3-1-4-24-58)96-93(98-94)59-25-5-2-6-26-59)56-90(60)103-86-47-43-61(99-78-35-15-7-27-65(78)66-28-8-16-36-79(66)99)52-73(86)74-53-62(44-48-87(74)103)100-80-37-17-9-29-67(80)68-30-10-18-38-81(68)100/h1-56H. The normalized spacial score (nSPS) is 12.0. The van der Waals surface area contributed by atoms with Gasteiger partial charge in [0, 0.05) is 104 Å². The van der Waals surface area contributed by atoms with Gasteiger partial charge in [0.15, 0.2) is 17.5 Å². The molecule has 104 heavy (non-hydrogen) atoms. The Kier molecular flexibility index (Phi) is 12.3. The molecule has 0 bridgehead atoms. The van der Waals surface area contributed by atoms with Crippen molar-refractivity contribution in [1.82, 2.24) is 42.4 Å². The summed E-state index contributed by atoms with van der Waals surface area (Å²) in [4.78, 5) is 16.4. The predicted molar refractivity (Wildman–Crippen MR) is 427 cm³/mol. The number of nitrogens with zero attached hydrogens (tertiary/aromatic N) is 10. The summed E-state index contributed by atoms with van der Waals surface area (Å²) in [7, 11) is 0. The quantitative estimate of drug-likeness (QED) is 0.144. The number of aromatic nitrogens is 9. The van der Waals surface area contributed by atoms with Crippen LogP contribution in [0.2, 0.25) is 0 Å². The lowest BCUT2D eigenvalue weighted by Crippen LogP contribution is -2.07. The van der Waals surface area contributed by atoms with Crippen LogP contribution in [0.25, 0.3) is 199 Å². The van der Waals surface area contributed by atoms with Gasteiger partial charge >= 0.3 is 0 Å². The highest BCUT2D eigenvalue weighted by Gasteiger charge is 2.28. The van der Waals surface area contributed by atoms with E-state index in [-0.39, 0.29) is 0 Å². The fourth-order valence-electron chi connectivity index (χ4n) is 17.0. The summed E-state index contributed by atoms with van der Waals surface area (Å²) in [6.07, 6.45) is 0. The topological polar surface area (TPSA) is 92.0 Å². The van der Waals surface area contributed by atoms with Crippen molar-refractivity contribution in [2.75, 3.05) is 0 Å². The van der Waals surface area contributed by atoms with Crippen molar-refractivity contribution in [3.63, 3.8) is 0 Å². The molecule has 7 heterocycles. The summed E-state index contributed by atoms with van der Waals surface area (Å²) in [5, 5.41) is 25.9. The Morgan fingerprint density at radius 3 is 0.721 bits per heavy atom. The fraction of sp³-hybridized carbons (Fsp3) is 0. The molecular weight excluding hydrogens is 1270 g/mol. The smallest absolute Gasteiger partial charge is 0.166 e. The van der Waals surface area contributed by atoms with E-state index in [1.54, 1.807) is 0 Å². The summed E-state index contributed by atoms with van der Waals surface area (Å²) in [6, 6.07) is 124. The minimum Gasteiger partial charge on any atom is -0.309 e. The van der Waals surface area contributed by atoms with E-state index in [1.165, 1.54) is 43.1 Å². The zero-order valence-electron chi connectivity index (χ0n) is 55.8. The first kappa shape index (κ1) is 57.5. The number of hydrogen-bond donors (Lipinski definition) is 0. The Labute approximate surface area is 594 Å². The maximum absolute atomic E-state index is 12.3. The molecule has 0 radical (unpaired) electrons. The van der Waals surface area contributed by atoms with E-state index >= 15 is 0 Å². The predicted octanol–water partition coefficient (Wildman–Crippen LogP) is 23.3. The van der Waals surface area contributed by atoms with Gasteiger partial charge in [-0.1, -0.05) is 206 Å². The zero-order valence-corrected chi connectivity index (χ0v) is 55.8. The minimum atomic E-state index is 0.445. The molecule has 0 aliphatic heterocycles. The van der Waals surface area contributed by atoms with Crippen molar-refractivity contribution in [1.29, 1.82) is 5.26 Å². The number of benzene rings is 15. The highest BCUT2D eigenvalue weighted by molar-refractivity contribution is 6.17. The summed E-state index contributed by atoms with van der Waals surface area (Å²) in [6.45, 7) is 0. The molecule has 0 saturated carbocycles. The van der Waals surface area contributed by atoms with Crippen molar-refractivity contribution >= 4 is 131 Å². The number of nitriles is 1. The molecule has 0 fully saturated rings. The molecular formula is C94H56N10. The number of hydrogen-bond acceptors (Lipinski definition) is 4. The first-order valence-corrected chi connectivity index (χ1v) is 35.1. The van der Waals surface area contributed by atoms with E-state index in [4.69, 9.17) is 15.0 Å². The first-order chi connectivity index (χ1) is 51.6. The molecule has 0 unspecified atom stereocenters.